The van der Waals surface area contributed by atoms with Gasteiger partial charge in [-0.1, -0.05) is 45.0 Å². The molecule has 0 saturated heterocycles. The van der Waals surface area contributed by atoms with Crippen LogP contribution >= 0.6 is 11.3 Å². The zero-order valence-corrected chi connectivity index (χ0v) is 14.3. The molecule has 0 radical (unpaired) electrons. The van der Waals surface area contributed by atoms with Gasteiger partial charge in [-0.05, 0) is 39.9 Å². The number of hydrogen-bond donors (Lipinski definition) is 0. The first-order valence-electron chi connectivity index (χ1n) is 7.99. The van der Waals surface area contributed by atoms with Crippen LogP contribution in [0.2, 0.25) is 0 Å². The molecule has 5 rings (SSSR count). The van der Waals surface area contributed by atoms with Gasteiger partial charge in [0.2, 0.25) is 0 Å². The third kappa shape index (κ3) is 1.70. The molecule has 0 bridgehead atoms. The maximum absolute atomic E-state index is 4.73. The van der Waals surface area contributed by atoms with Gasteiger partial charge in [-0.2, -0.15) is 0 Å². The van der Waals surface area contributed by atoms with Crippen molar-refractivity contribution in [3.8, 4) is 0 Å². The van der Waals surface area contributed by atoms with Gasteiger partial charge < -0.3 is 0 Å². The van der Waals surface area contributed by atoms with Crippen molar-refractivity contribution in [3.63, 3.8) is 0 Å². The molecule has 0 fully saturated rings. The van der Waals surface area contributed by atoms with E-state index in [9.17, 15) is 0 Å². The highest BCUT2D eigenvalue weighted by Crippen LogP contribution is 2.44. The first-order chi connectivity index (χ1) is 11.0. The summed E-state index contributed by atoms with van der Waals surface area (Å²) in [5, 5.41) is 6.67. The zero-order valence-electron chi connectivity index (χ0n) is 13.5. The van der Waals surface area contributed by atoms with Crippen molar-refractivity contribution in [3.05, 3.63) is 54.2 Å². The van der Waals surface area contributed by atoms with Crippen LogP contribution in [0.3, 0.4) is 0 Å². The zero-order chi connectivity index (χ0) is 15.8. The molecule has 2 heterocycles. The van der Waals surface area contributed by atoms with Crippen LogP contribution in [-0.2, 0) is 5.41 Å². The van der Waals surface area contributed by atoms with Crippen LogP contribution in [0.15, 0.2) is 48.7 Å². The first kappa shape index (κ1) is 13.3. The molecule has 0 aliphatic rings. The molecule has 23 heavy (non-hydrogen) atoms. The van der Waals surface area contributed by atoms with Gasteiger partial charge in [0.25, 0.3) is 0 Å². The summed E-state index contributed by atoms with van der Waals surface area (Å²) in [7, 11) is 0. The Morgan fingerprint density at radius 1 is 0.826 bits per heavy atom. The number of pyridine rings is 1. The quantitative estimate of drug-likeness (QED) is 0.298. The topological polar surface area (TPSA) is 12.9 Å². The summed E-state index contributed by atoms with van der Waals surface area (Å²) < 4.78 is 2.70. The molecule has 5 aromatic rings. The Labute approximate surface area is 138 Å². The highest BCUT2D eigenvalue weighted by molar-refractivity contribution is 7.26. The third-order valence-electron chi connectivity index (χ3n) is 4.84. The Balaban J connectivity index is 2.11. The van der Waals surface area contributed by atoms with Crippen molar-refractivity contribution in [2.45, 2.75) is 26.2 Å². The molecule has 0 atom stereocenters. The number of nitrogens with zero attached hydrogens (tertiary/aromatic N) is 1. The summed E-state index contributed by atoms with van der Waals surface area (Å²) in [4.78, 5) is 4.73. The monoisotopic (exact) mass is 315 g/mol. The van der Waals surface area contributed by atoms with Crippen LogP contribution in [0.4, 0.5) is 0 Å². The van der Waals surface area contributed by atoms with Gasteiger partial charge in [0, 0.05) is 31.8 Å². The number of thiophene rings is 1. The van der Waals surface area contributed by atoms with E-state index in [1.165, 1.54) is 41.9 Å². The largest absolute Gasteiger partial charge is 0.255 e. The van der Waals surface area contributed by atoms with Crippen LogP contribution in [0.25, 0.3) is 41.8 Å². The van der Waals surface area contributed by atoms with Crippen LogP contribution in [0, 0.1) is 0 Å². The second-order valence-electron chi connectivity index (χ2n) is 7.32. The SMILES string of the molecule is CC(C)(C)c1ccc2c(c1)c1cccc3sc4ccnc2c4c31. The standard InChI is InChI=1S/C21H17NS/c1-21(2,3)12-7-8-14-15(11-12)13-5-4-6-16-18(13)19-17(23-16)9-10-22-20(14)19/h4-11H,1-3H3. The lowest BCUT2D eigenvalue weighted by molar-refractivity contribution is 0.591. The molecule has 0 amide bonds. The van der Waals surface area contributed by atoms with E-state index in [1.807, 2.05) is 17.5 Å². The van der Waals surface area contributed by atoms with E-state index in [4.69, 9.17) is 4.98 Å². The predicted octanol–water partition coefficient (Wildman–Crippen LogP) is 6.49. The van der Waals surface area contributed by atoms with E-state index < -0.39 is 0 Å². The lowest BCUT2D eigenvalue weighted by atomic mass is 9.84. The minimum atomic E-state index is 0.150. The Morgan fingerprint density at radius 2 is 1.65 bits per heavy atom. The summed E-state index contributed by atoms with van der Waals surface area (Å²) in [6.07, 6.45) is 1.94. The summed E-state index contributed by atoms with van der Waals surface area (Å²) >= 11 is 1.87. The smallest absolute Gasteiger partial charge is 0.0801 e. The summed E-state index contributed by atoms with van der Waals surface area (Å²) in [5.41, 5.74) is 2.67. The molecule has 1 nitrogen and oxygen atoms in total. The lowest BCUT2D eigenvalue weighted by Crippen LogP contribution is -2.10. The molecule has 112 valence electrons. The molecular weight excluding hydrogens is 298 g/mol. The van der Waals surface area contributed by atoms with E-state index in [0.717, 1.165) is 5.52 Å². The van der Waals surface area contributed by atoms with E-state index in [1.54, 1.807) is 0 Å². The molecule has 0 aliphatic carbocycles. The number of fused-ring (bicyclic) bond motifs is 3. The van der Waals surface area contributed by atoms with Gasteiger partial charge in [-0.15, -0.1) is 11.3 Å². The van der Waals surface area contributed by atoms with Crippen LogP contribution in [0.5, 0.6) is 0 Å². The highest BCUT2D eigenvalue weighted by Gasteiger charge is 2.19. The van der Waals surface area contributed by atoms with Crippen LogP contribution < -0.4 is 0 Å². The molecule has 0 spiro atoms. The number of aromatic nitrogens is 1. The fraction of sp³-hybridized carbons (Fsp3) is 0.190. The van der Waals surface area contributed by atoms with Gasteiger partial charge in [0.1, 0.15) is 0 Å². The van der Waals surface area contributed by atoms with E-state index in [-0.39, 0.29) is 5.41 Å². The van der Waals surface area contributed by atoms with Gasteiger partial charge in [0.15, 0.2) is 0 Å². The predicted molar refractivity (Wildman–Crippen MR) is 102 cm³/mol. The number of rotatable bonds is 0. The van der Waals surface area contributed by atoms with Crippen molar-refractivity contribution in [2.75, 3.05) is 0 Å². The second-order valence-corrected chi connectivity index (χ2v) is 8.41. The molecule has 2 aromatic heterocycles. The van der Waals surface area contributed by atoms with E-state index in [2.05, 4.69) is 63.2 Å². The molecule has 0 N–H and O–H groups in total. The van der Waals surface area contributed by atoms with Crippen molar-refractivity contribution >= 4 is 53.2 Å². The molecule has 0 saturated carbocycles. The van der Waals surface area contributed by atoms with Crippen molar-refractivity contribution in [2.24, 2.45) is 0 Å². The van der Waals surface area contributed by atoms with Crippen molar-refractivity contribution < 1.29 is 0 Å². The third-order valence-corrected chi connectivity index (χ3v) is 5.96. The van der Waals surface area contributed by atoms with E-state index >= 15 is 0 Å². The average molecular weight is 315 g/mol. The van der Waals surface area contributed by atoms with Crippen LogP contribution in [-0.4, -0.2) is 4.98 Å². The maximum atomic E-state index is 4.73. The Hall–Kier alpha value is -2.19. The van der Waals surface area contributed by atoms with Crippen LogP contribution in [0.1, 0.15) is 26.3 Å². The van der Waals surface area contributed by atoms with Crippen molar-refractivity contribution in [1.29, 1.82) is 0 Å². The number of benzene rings is 3. The molecule has 3 aromatic carbocycles. The molecule has 2 heteroatoms. The van der Waals surface area contributed by atoms with Gasteiger partial charge in [-0.25, -0.2) is 0 Å². The first-order valence-corrected chi connectivity index (χ1v) is 8.81. The van der Waals surface area contributed by atoms with Gasteiger partial charge >= 0.3 is 0 Å². The van der Waals surface area contributed by atoms with Gasteiger partial charge in [-0.3, -0.25) is 4.98 Å². The second kappa shape index (κ2) is 4.21. The fourth-order valence-electron chi connectivity index (χ4n) is 3.63. The Morgan fingerprint density at radius 3 is 2.48 bits per heavy atom. The summed E-state index contributed by atoms with van der Waals surface area (Å²) in [6.45, 7) is 6.81. The fourth-order valence-corrected chi connectivity index (χ4v) is 4.76. The average Bonchev–Trinajstić information content (AvgIpc) is 2.92. The molecular formula is C21H17NS. The van der Waals surface area contributed by atoms with Crippen molar-refractivity contribution in [1.82, 2.24) is 4.98 Å². The highest BCUT2D eigenvalue weighted by atomic mass is 32.1. The Kier molecular flexibility index (Phi) is 2.43. The summed E-state index contributed by atoms with van der Waals surface area (Å²) in [6, 6.07) is 15.7. The van der Waals surface area contributed by atoms with Gasteiger partial charge in [0.05, 0.1) is 5.52 Å². The maximum Gasteiger partial charge on any atom is 0.0801 e. The number of hydrogen-bond acceptors (Lipinski definition) is 2. The minimum Gasteiger partial charge on any atom is -0.255 e. The molecule has 0 unspecified atom stereocenters. The summed E-state index contributed by atoms with van der Waals surface area (Å²) in [5.74, 6) is 0. The normalized spacial score (nSPS) is 13.0. The Bertz CT molecular complexity index is 1190. The van der Waals surface area contributed by atoms with E-state index in [0.29, 0.717) is 0 Å². The molecule has 0 aliphatic heterocycles. The lowest BCUT2D eigenvalue weighted by Gasteiger charge is -2.20. The minimum absolute atomic E-state index is 0.150.